The van der Waals surface area contributed by atoms with E-state index in [0.717, 1.165) is 22.1 Å². The number of hydrazone groups is 1. The Bertz CT molecular complexity index is 1160. The molecule has 0 radical (unpaired) electrons. The number of H-pyrrole nitrogens is 1. The molecule has 6 heteroatoms. The summed E-state index contributed by atoms with van der Waals surface area (Å²) in [7, 11) is 0. The van der Waals surface area contributed by atoms with Crippen LogP contribution in [-0.2, 0) is 0 Å². The van der Waals surface area contributed by atoms with Crippen molar-refractivity contribution in [2.75, 3.05) is 5.43 Å². The van der Waals surface area contributed by atoms with Gasteiger partial charge in [0.25, 0.3) is 5.95 Å². The number of aromatic amines is 1. The first-order chi connectivity index (χ1) is 14.4. The zero-order chi connectivity index (χ0) is 20.9. The summed E-state index contributed by atoms with van der Waals surface area (Å²) >= 11 is 0. The number of benzene rings is 1. The van der Waals surface area contributed by atoms with Gasteiger partial charge in [0, 0.05) is 11.6 Å². The Morgan fingerprint density at radius 2 is 2.13 bits per heavy atom. The number of nitrogens with one attached hydrogen (secondary N) is 2. The fraction of sp³-hybridized carbons (Fsp3) is 0.500. The van der Waals surface area contributed by atoms with E-state index in [-0.39, 0.29) is 0 Å². The molecule has 2 heterocycles. The predicted molar refractivity (Wildman–Crippen MR) is 123 cm³/mol. The zero-order valence-electron chi connectivity index (χ0n) is 18.2. The van der Waals surface area contributed by atoms with E-state index in [9.17, 15) is 0 Å². The highest BCUT2D eigenvalue weighted by Gasteiger charge is 2.40. The minimum atomic E-state index is 0.384. The van der Waals surface area contributed by atoms with Crippen molar-refractivity contribution in [1.82, 2.24) is 20.2 Å². The van der Waals surface area contributed by atoms with E-state index in [1.807, 2.05) is 12.1 Å². The van der Waals surface area contributed by atoms with Crippen molar-refractivity contribution in [3.8, 4) is 0 Å². The van der Waals surface area contributed by atoms with Gasteiger partial charge in [-0.05, 0) is 61.3 Å². The van der Waals surface area contributed by atoms with Gasteiger partial charge in [-0.2, -0.15) is 10.1 Å². The van der Waals surface area contributed by atoms with E-state index < -0.39 is 0 Å². The number of hydrogen-bond acceptors (Lipinski definition) is 5. The third kappa shape index (κ3) is 3.28. The number of fused-ring (bicyclic) bond motifs is 4. The van der Waals surface area contributed by atoms with Gasteiger partial charge >= 0.3 is 0 Å². The Kier molecular flexibility index (Phi) is 4.60. The Morgan fingerprint density at radius 1 is 1.27 bits per heavy atom. The van der Waals surface area contributed by atoms with Crippen LogP contribution in [0.25, 0.3) is 22.1 Å². The largest absolute Gasteiger partial charge is 0.337 e. The van der Waals surface area contributed by atoms with Crippen molar-refractivity contribution in [1.29, 1.82) is 0 Å². The number of rotatable bonds is 3. The van der Waals surface area contributed by atoms with Gasteiger partial charge in [-0.15, -0.1) is 10.2 Å². The summed E-state index contributed by atoms with van der Waals surface area (Å²) in [4.78, 5) is 7.94. The van der Waals surface area contributed by atoms with E-state index in [4.69, 9.17) is 0 Å². The van der Waals surface area contributed by atoms with Crippen LogP contribution >= 0.6 is 0 Å². The third-order valence-electron chi connectivity index (χ3n) is 7.27. The summed E-state index contributed by atoms with van der Waals surface area (Å²) < 4.78 is 0. The Hall–Kier alpha value is -2.76. The number of allylic oxidation sites excluding steroid dienone is 2. The summed E-state index contributed by atoms with van der Waals surface area (Å²) in [6.07, 6.45) is 9.42. The van der Waals surface area contributed by atoms with Crippen LogP contribution in [0.4, 0.5) is 5.95 Å². The lowest BCUT2D eigenvalue weighted by molar-refractivity contribution is 0.149. The summed E-state index contributed by atoms with van der Waals surface area (Å²) in [5.74, 6) is 2.15. The van der Waals surface area contributed by atoms with Crippen molar-refractivity contribution in [2.45, 2.75) is 53.4 Å². The van der Waals surface area contributed by atoms with E-state index in [1.165, 1.54) is 31.2 Å². The molecule has 0 bridgehead atoms. The smallest absolute Gasteiger partial charge is 0.265 e. The molecular weight excluding hydrogens is 372 g/mol. The van der Waals surface area contributed by atoms with Crippen LogP contribution in [0.2, 0.25) is 0 Å². The molecular formula is C24H30N6. The first kappa shape index (κ1) is 19.2. The standard InChI is InChI=1S/C24H30N6/c1-14-7-5-9-18-20(14)26-22-21(18)28-30-23(27-22)29-25-13-17-12-19-16(11-15(17)2)8-6-10-24(19,3)4/h5,7-9,13,15,17,19H,6,10-12H2,1-4H3,(H2,26,27,29,30)/b25-13-/t15-,17+,19-/m1/s1. The lowest BCUT2D eigenvalue weighted by atomic mass is 9.59. The number of anilines is 1. The van der Waals surface area contributed by atoms with Gasteiger partial charge in [0.2, 0.25) is 0 Å². The second kappa shape index (κ2) is 7.18. The lowest BCUT2D eigenvalue weighted by Gasteiger charge is -2.46. The van der Waals surface area contributed by atoms with Crippen LogP contribution in [0, 0.1) is 30.1 Å². The minimum absolute atomic E-state index is 0.384. The van der Waals surface area contributed by atoms with Gasteiger partial charge in [0.15, 0.2) is 5.65 Å². The fourth-order valence-electron chi connectivity index (χ4n) is 5.36. The first-order valence-electron chi connectivity index (χ1n) is 11.0. The molecule has 2 N–H and O–H groups in total. The van der Waals surface area contributed by atoms with Gasteiger partial charge in [-0.1, -0.05) is 50.6 Å². The van der Waals surface area contributed by atoms with E-state index >= 15 is 0 Å². The molecule has 0 aliphatic heterocycles. The molecule has 30 heavy (non-hydrogen) atoms. The molecule has 3 aromatic rings. The SMILES string of the molecule is Cc1cccc2c1[nH]c1nc(N/N=C\[C@@H]3C[C@@H]4C(=CCCC4(C)C)C[C@H]3C)nnc12. The fourth-order valence-corrected chi connectivity index (χ4v) is 5.36. The Balaban J connectivity index is 1.33. The normalized spacial score (nSPS) is 26.1. The minimum Gasteiger partial charge on any atom is -0.337 e. The molecule has 3 atom stereocenters. The molecule has 0 unspecified atom stereocenters. The summed E-state index contributed by atoms with van der Waals surface area (Å²) in [6.45, 7) is 9.26. The third-order valence-corrected chi connectivity index (χ3v) is 7.27. The predicted octanol–water partition coefficient (Wildman–Crippen LogP) is 5.62. The quantitative estimate of drug-likeness (QED) is 0.338. The lowest BCUT2D eigenvalue weighted by Crippen LogP contribution is -2.36. The van der Waals surface area contributed by atoms with Crippen molar-refractivity contribution in [2.24, 2.45) is 28.3 Å². The van der Waals surface area contributed by atoms with Crippen molar-refractivity contribution in [3.63, 3.8) is 0 Å². The van der Waals surface area contributed by atoms with Crippen LogP contribution in [0.3, 0.4) is 0 Å². The topological polar surface area (TPSA) is 78.9 Å². The number of para-hydroxylation sites is 1. The van der Waals surface area contributed by atoms with Gasteiger partial charge < -0.3 is 4.98 Å². The molecule has 6 nitrogen and oxygen atoms in total. The van der Waals surface area contributed by atoms with E-state index in [1.54, 1.807) is 5.57 Å². The molecule has 156 valence electrons. The second-order valence-electron chi connectivity index (χ2n) is 9.78. The zero-order valence-corrected chi connectivity index (χ0v) is 18.2. The highest BCUT2D eigenvalue weighted by Crippen LogP contribution is 2.50. The Labute approximate surface area is 177 Å². The van der Waals surface area contributed by atoms with Crippen molar-refractivity contribution in [3.05, 3.63) is 35.4 Å². The molecule has 5 rings (SSSR count). The molecule has 2 aromatic heterocycles. The number of aromatic nitrogens is 4. The molecule has 1 fully saturated rings. The van der Waals surface area contributed by atoms with Crippen LogP contribution in [0.15, 0.2) is 34.9 Å². The molecule has 2 aliphatic carbocycles. The summed E-state index contributed by atoms with van der Waals surface area (Å²) in [5, 5.41) is 14.2. The number of nitrogens with zero attached hydrogens (tertiary/aromatic N) is 4. The highest BCUT2D eigenvalue weighted by atomic mass is 15.4. The van der Waals surface area contributed by atoms with Crippen molar-refractivity contribution < 1.29 is 0 Å². The maximum absolute atomic E-state index is 4.58. The first-order valence-corrected chi connectivity index (χ1v) is 11.0. The average Bonchev–Trinajstić information content (AvgIpc) is 3.08. The van der Waals surface area contributed by atoms with Gasteiger partial charge in [-0.3, -0.25) is 0 Å². The van der Waals surface area contributed by atoms with Crippen molar-refractivity contribution >= 4 is 34.2 Å². The molecule has 0 amide bonds. The molecule has 1 aromatic carbocycles. The van der Waals surface area contributed by atoms with Crippen LogP contribution < -0.4 is 5.43 Å². The van der Waals surface area contributed by atoms with E-state index in [0.29, 0.717) is 29.1 Å². The molecule has 2 aliphatic rings. The van der Waals surface area contributed by atoms with Crippen LogP contribution in [0.5, 0.6) is 0 Å². The van der Waals surface area contributed by atoms with Crippen LogP contribution in [0.1, 0.15) is 52.0 Å². The Morgan fingerprint density at radius 3 is 3.00 bits per heavy atom. The molecule has 0 spiro atoms. The summed E-state index contributed by atoms with van der Waals surface area (Å²) in [5.41, 5.74) is 8.82. The van der Waals surface area contributed by atoms with Crippen LogP contribution in [-0.4, -0.2) is 26.4 Å². The van der Waals surface area contributed by atoms with Gasteiger partial charge in [0.05, 0.1) is 5.52 Å². The van der Waals surface area contributed by atoms with E-state index in [2.05, 4.69) is 76.7 Å². The molecule has 0 saturated heterocycles. The highest BCUT2D eigenvalue weighted by molar-refractivity contribution is 6.04. The van der Waals surface area contributed by atoms with Gasteiger partial charge in [-0.25, -0.2) is 5.43 Å². The summed E-state index contributed by atoms with van der Waals surface area (Å²) in [6, 6.07) is 6.15. The number of aryl methyl sites for hydroxylation is 1. The van der Waals surface area contributed by atoms with Gasteiger partial charge in [0.1, 0.15) is 5.52 Å². The molecule has 1 saturated carbocycles. The maximum Gasteiger partial charge on any atom is 0.265 e. The monoisotopic (exact) mass is 402 g/mol. The average molecular weight is 403 g/mol. The number of hydrogen-bond donors (Lipinski definition) is 2. The second-order valence-corrected chi connectivity index (χ2v) is 9.78. The maximum atomic E-state index is 4.58.